The van der Waals surface area contributed by atoms with Crippen molar-refractivity contribution in [3.8, 4) is 5.75 Å². The lowest BCUT2D eigenvalue weighted by molar-refractivity contribution is 0.0963. The Bertz CT molecular complexity index is 1100. The third-order valence-corrected chi connectivity index (χ3v) is 4.76. The normalized spacial score (nSPS) is 13.5. The van der Waals surface area contributed by atoms with Crippen LogP contribution < -0.4 is 20.3 Å². The van der Waals surface area contributed by atoms with E-state index in [1.54, 1.807) is 36.2 Å². The summed E-state index contributed by atoms with van der Waals surface area (Å²) in [7, 11) is 1.56. The molecule has 0 atom stereocenters. The first-order valence-electron chi connectivity index (χ1n) is 9.27. The van der Waals surface area contributed by atoms with Gasteiger partial charge < -0.3 is 20.3 Å². The zero-order chi connectivity index (χ0) is 22.0. The maximum absolute atomic E-state index is 13.9. The van der Waals surface area contributed by atoms with Crippen LogP contribution in [0.3, 0.4) is 0 Å². The van der Waals surface area contributed by atoms with Crippen LogP contribution >= 0.6 is 11.6 Å². The highest BCUT2D eigenvalue weighted by atomic mass is 35.5. The van der Waals surface area contributed by atoms with E-state index in [0.717, 1.165) is 12.1 Å². The Balaban J connectivity index is 1.40. The third-order valence-electron chi connectivity index (χ3n) is 4.55. The van der Waals surface area contributed by atoms with Gasteiger partial charge in [0.2, 0.25) is 11.9 Å². The molecule has 0 spiro atoms. The molecule has 0 bridgehead atoms. The standard InChI is InChI=1S/C20H17ClF2N6O2/c1-24-18(30)11-3-2-4-13(5-11)27-19-25-10-26-20(28-19)29-8-14(9-29)31-17-15(22)6-12(21)7-16(17)23/h2-7,10,14H,8-9H2,1H3,(H,24,30)(H,25,26,27,28). The van der Waals surface area contributed by atoms with Gasteiger partial charge in [-0.15, -0.1) is 0 Å². The molecule has 1 fully saturated rings. The molecule has 1 aromatic heterocycles. The number of nitrogens with one attached hydrogen (secondary N) is 2. The Morgan fingerprint density at radius 1 is 1.19 bits per heavy atom. The number of hydrogen-bond acceptors (Lipinski definition) is 7. The predicted molar refractivity (Wildman–Crippen MR) is 111 cm³/mol. The monoisotopic (exact) mass is 446 g/mol. The molecule has 1 saturated heterocycles. The number of ether oxygens (including phenoxy) is 1. The molecule has 3 aromatic rings. The second-order valence-corrected chi connectivity index (χ2v) is 7.17. The Hall–Kier alpha value is -3.53. The van der Waals surface area contributed by atoms with Crippen molar-refractivity contribution >= 4 is 35.1 Å². The highest BCUT2D eigenvalue weighted by Gasteiger charge is 2.32. The molecule has 11 heteroatoms. The maximum atomic E-state index is 13.9. The van der Waals surface area contributed by atoms with Crippen molar-refractivity contribution < 1.29 is 18.3 Å². The summed E-state index contributed by atoms with van der Waals surface area (Å²) in [5.74, 6) is -1.69. The number of anilines is 3. The van der Waals surface area contributed by atoms with Gasteiger partial charge in [0, 0.05) is 23.3 Å². The number of amides is 1. The fourth-order valence-electron chi connectivity index (χ4n) is 3.00. The number of nitrogens with zero attached hydrogens (tertiary/aromatic N) is 4. The number of aromatic nitrogens is 3. The van der Waals surface area contributed by atoms with Gasteiger partial charge in [-0.25, -0.2) is 18.7 Å². The number of rotatable bonds is 6. The number of halogens is 3. The molecule has 1 aliphatic rings. The molecule has 0 aliphatic carbocycles. The van der Waals surface area contributed by atoms with Gasteiger partial charge in [-0.05, 0) is 30.3 Å². The summed E-state index contributed by atoms with van der Waals surface area (Å²) in [5.41, 5.74) is 1.13. The summed E-state index contributed by atoms with van der Waals surface area (Å²) in [6.45, 7) is 0.689. The molecule has 1 aliphatic heterocycles. The first-order chi connectivity index (χ1) is 14.9. The summed E-state index contributed by atoms with van der Waals surface area (Å²) >= 11 is 5.62. The van der Waals surface area contributed by atoms with Crippen molar-refractivity contribution in [3.63, 3.8) is 0 Å². The third kappa shape index (κ3) is 4.64. The largest absolute Gasteiger partial charge is 0.481 e. The average molecular weight is 447 g/mol. The number of carbonyl (C=O) groups excluding carboxylic acids is 1. The van der Waals surface area contributed by atoms with Gasteiger partial charge in [-0.3, -0.25) is 4.79 Å². The molecular formula is C20H17ClF2N6O2. The lowest BCUT2D eigenvalue weighted by atomic mass is 10.2. The Kier molecular flexibility index (Phi) is 5.81. The van der Waals surface area contributed by atoms with Crippen LogP contribution in [-0.2, 0) is 0 Å². The van der Waals surface area contributed by atoms with E-state index in [1.165, 1.54) is 6.33 Å². The topological polar surface area (TPSA) is 92.3 Å². The fourth-order valence-corrected chi connectivity index (χ4v) is 3.19. The Labute approximate surface area is 181 Å². The van der Waals surface area contributed by atoms with E-state index in [2.05, 4.69) is 25.6 Å². The highest BCUT2D eigenvalue weighted by molar-refractivity contribution is 6.30. The van der Waals surface area contributed by atoms with Crippen LogP contribution in [0.2, 0.25) is 5.02 Å². The molecule has 160 valence electrons. The maximum Gasteiger partial charge on any atom is 0.251 e. The Morgan fingerprint density at radius 2 is 1.94 bits per heavy atom. The molecule has 4 rings (SSSR count). The molecule has 0 radical (unpaired) electrons. The minimum absolute atomic E-state index is 0.0383. The minimum Gasteiger partial charge on any atom is -0.481 e. The first-order valence-corrected chi connectivity index (χ1v) is 9.65. The van der Waals surface area contributed by atoms with Crippen molar-refractivity contribution in [2.75, 3.05) is 30.4 Å². The van der Waals surface area contributed by atoms with E-state index in [4.69, 9.17) is 16.3 Å². The SMILES string of the molecule is CNC(=O)c1cccc(Nc2ncnc(N3CC(Oc4c(F)cc(Cl)cc4F)C3)n2)c1. The molecule has 2 N–H and O–H groups in total. The average Bonchev–Trinajstić information content (AvgIpc) is 2.71. The number of benzene rings is 2. The van der Waals surface area contributed by atoms with E-state index in [1.807, 2.05) is 0 Å². The summed E-state index contributed by atoms with van der Waals surface area (Å²) in [4.78, 5) is 26.1. The van der Waals surface area contributed by atoms with Crippen molar-refractivity contribution in [2.24, 2.45) is 0 Å². The summed E-state index contributed by atoms with van der Waals surface area (Å²) in [6.07, 6.45) is 0.919. The highest BCUT2D eigenvalue weighted by Crippen LogP contribution is 2.29. The fraction of sp³-hybridized carbons (Fsp3) is 0.200. The summed E-state index contributed by atoms with van der Waals surface area (Å²) < 4.78 is 33.2. The van der Waals surface area contributed by atoms with E-state index in [-0.39, 0.29) is 10.9 Å². The van der Waals surface area contributed by atoms with Crippen molar-refractivity contribution in [3.05, 3.63) is 64.9 Å². The molecule has 0 unspecified atom stereocenters. The minimum atomic E-state index is -0.853. The van der Waals surface area contributed by atoms with Gasteiger partial charge in [0.25, 0.3) is 5.91 Å². The van der Waals surface area contributed by atoms with Gasteiger partial charge in [0.1, 0.15) is 12.4 Å². The second kappa shape index (κ2) is 8.68. The molecule has 2 aromatic carbocycles. The van der Waals surface area contributed by atoms with E-state index in [9.17, 15) is 13.6 Å². The van der Waals surface area contributed by atoms with Crippen LogP contribution in [0.25, 0.3) is 0 Å². The van der Waals surface area contributed by atoms with Gasteiger partial charge in [-0.2, -0.15) is 4.98 Å². The van der Waals surface area contributed by atoms with Crippen molar-refractivity contribution in [2.45, 2.75) is 6.10 Å². The van der Waals surface area contributed by atoms with Crippen LogP contribution in [-0.4, -0.2) is 47.1 Å². The molecule has 8 nitrogen and oxygen atoms in total. The lowest BCUT2D eigenvalue weighted by Crippen LogP contribution is -2.54. The van der Waals surface area contributed by atoms with Crippen LogP contribution in [0.15, 0.2) is 42.7 Å². The van der Waals surface area contributed by atoms with Gasteiger partial charge in [0.15, 0.2) is 17.4 Å². The second-order valence-electron chi connectivity index (χ2n) is 6.74. The smallest absolute Gasteiger partial charge is 0.251 e. The van der Waals surface area contributed by atoms with Crippen molar-refractivity contribution in [1.82, 2.24) is 20.3 Å². The quantitative estimate of drug-likeness (QED) is 0.600. The Morgan fingerprint density at radius 3 is 2.65 bits per heavy atom. The van der Waals surface area contributed by atoms with Crippen LogP contribution in [0.4, 0.5) is 26.4 Å². The van der Waals surface area contributed by atoms with Gasteiger partial charge in [-0.1, -0.05) is 17.7 Å². The van der Waals surface area contributed by atoms with Crippen molar-refractivity contribution in [1.29, 1.82) is 0 Å². The molecular weight excluding hydrogens is 430 g/mol. The molecule has 1 amide bonds. The van der Waals surface area contributed by atoms with E-state index in [0.29, 0.717) is 36.2 Å². The van der Waals surface area contributed by atoms with E-state index >= 15 is 0 Å². The van der Waals surface area contributed by atoms with Gasteiger partial charge in [0.05, 0.1) is 13.1 Å². The van der Waals surface area contributed by atoms with Gasteiger partial charge >= 0.3 is 0 Å². The number of hydrogen-bond donors (Lipinski definition) is 2. The zero-order valence-electron chi connectivity index (χ0n) is 16.3. The molecule has 2 heterocycles. The van der Waals surface area contributed by atoms with Crippen LogP contribution in [0.5, 0.6) is 5.75 Å². The predicted octanol–water partition coefficient (Wildman–Crippen LogP) is 3.17. The van der Waals surface area contributed by atoms with Crippen LogP contribution in [0.1, 0.15) is 10.4 Å². The zero-order valence-corrected chi connectivity index (χ0v) is 17.0. The molecule has 0 saturated carbocycles. The summed E-state index contributed by atoms with van der Waals surface area (Å²) in [5, 5.41) is 5.55. The van der Waals surface area contributed by atoms with Crippen LogP contribution in [0, 0.1) is 11.6 Å². The first kappa shape index (κ1) is 20.7. The van der Waals surface area contributed by atoms with E-state index < -0.39 is 23.5 Å². The summed E-state index contributed by atoms with van der Waals surface area (Å²) in [6, 6.07) is 8.87. The molecule has 31 heavy (non-hydrogen) atoms. The lowest BCUT2D eigenvalue weighted by Gasteiger charge is -2.38. The number of carbonyl (C=O) groups is 1.